The molecule has 0 aromatic heterocycles. The molecule has 1 aromatic carbocycles. The van der Waals surface area contributed by atoms with Gasteiger partial charge in [0.25, 0.3) is 0 Å². The number of hydrogen-bond acceptors (Lipinski definition) is 2. The molecule has 0 aliphatic carbocycles. The summed E-state index contributed by atoms with van der Waals surface area (Å²) in [6.07, 6.45) is 3.31. The Kier molecular flexibility index (Phi) is 3.54. The first kappa shape index (κ1) is 10.4. The fourth-order valence-electron chi connectivity index (χ4n) is 1.47. The summed E-state index contributed by atoms with van der Waals surface area (Å²) in [4.78, 5) is 0. The number of rotatable bonds is 5. The first-order valence-corrected chi connectivity index (χ1v) is 5.29. The van der Waals surface area contributed by atoms with Crippen LogP contribution < -0.4 is 0 Å². The van der Waals surface area contributed by atoms with Gasteiger partial charge in [-0.25, -0.2) is 0 Å². The lowest BCUT2D eigenvalue weighted by atomic mass is 10.1. The SMILES string of the molecule is C=Cc1ccc(COCC2CCO2)cc1. The summed E-state index contributed by atoms with van der Waals surface area (Å²) in [5.74, 6) is 0. The van der Waals surface area contributed by atoms with Crippen LogP contribution in [0.5, 0.6) is 0 Å². The Morgan fingerprint density at radius 2 is 2.13 bits per heavy atom. The van der Waals surface area contributed by atoms with Crippen LogP contribution in [-0.2, 0) is 16.1 Å². The molecule has 0 radical (unpaired) electrons. The van der Waals surface area contributed by atoms with Crippen molar-refractivity contribution in [2.45, 2.75) is 19.1 Å². The molecule has 2 nitrogen and oxygen atoms in total. The van der Waals surface area contributed by atoms with E-state index in [0.717, 1.165) is 18.6 Å². The maximum atomic E-state index is 5.55. The minimum Gasteiger partial charge on any atom is -0.376 e. The van der Waals surface area contributed by atoms with E-state index in [1.807, 2.05) is 18.2 Å². The topological polar surface area (TPSA) is 18.5 Å². The third kappa shape index (κ3) is 2.91. The van der Waals surface area contributed by atoms with Crippen molar-refractivity contribution < 1.29 is 9.47 Å². The van der Waals surface area contributed by atoms with Gasteiger partial charge in [-0.1, -0.05) is 36.9 Å². The largest absolute Gasteiger partial charge is 0.376 e. The minimum absolute atomic E-state index is 0.331. The van der Waals surface area contributed by atoms with Crippen molar-refractivity contribution >= 4 is 6.08 Å². The molecule has 1 aromatic rings. The first-order chi connectivity index (χ1) is 7.38. The zero-order chi connectivity index (χ0) is 10.5. The smallest absolute Gasteiger partial charge is 0.0830 e. The maximum Gasteiger partial charge on any atom is 0.0830 e. The average Bonchev–Trinajstić information content (AvgIpc) is 2.23. The predicted molar refractivity (Wildman–Crippen MR) is 60.5 cm³/mol. The molecule has 1 atom stereocenters. The lowest BCUT2D eigenvalue weighted by Crippen LogP contribution is -2.31. The lowest BCUT2D eigenvalue weighted by Gasteiger charge is -2.25. The summed E-state index contributed by atoms with van der Waals surface area (Å²) in [6, 6.07) is 8.23. The molecule has 0 saturated carbocycles. The second-order valence-electron chi connectivity index (χ2n) is 3.74. The molecule has 0 amide bonds. The van der Waals surface area contributed by atoms with Gasteiger partial charge in [0, 0.05) is 6.61 Å². The van der Waals surface area contributed by atoms with Crippen molar-refractivity contribution in [3.63, 3.8) is 0 Å². The Morgan fingerprint density at radius 3 is 2.67 bits per heavy atom. The van der Waals surface area contributed by atoms with E-state index in [1.54, 1.807) is 0 Å². The zero-order valence-corrected chi connectivity index (χ0v) is 8.82. The van der Waals surface area contributed by atoms with Crippen molar-refractivity contribution in [1.29, 1.82) is 0 Å². The van der Waals surface area contributed by atoms with Gasteiger partial charge in [-0.3, -0.25) is 0 Å². The molecule has 1 fully saturated rings. The van der Waals surface area contributed by atoms with Crippen LogP contribution in [0.2, 0.25) is 0 Å². The van der Waals surface area contributed by atoms with Crippen molar-refractivity contribution in [1.82, 2.24) is 0 Å². The standard InChI is InChI=1S/C13H16O2/c1-2-11-3-5-12(6-4-11)9-14-10-13-7-8-15-13/h2-6,13H,1,7-10H2. The van der Waals surface area contributed by atoms with Gasteiger partial charge in [0.1, 0.15) is 0 Å². The molecule has 15 heavy (non-hydrogen) atoms. The molecule has 1 aliphatic rings. The third-order valence-corrected chi connectivity index (χ3v) is 2.58. The lowest BCUT2D eigenvalue weighted by molar-refractivity contribution is -0.0967. The highest BCUT2D eigenvalue weighted by atomic mass is 16.5. The Hall–Kier alpha value is -1.12. The fourth-order valence-corrected chi connectivity index (χ4v) is 1.47. The third-order valence-electron chi connectivity index (χ3n) is 2.58. The number of benzene rings is 1. The Bertz CT molecular complexity index is 312. The van der Waals surface area contributed by atoms with Crippen molar-refractivity contribution in [2.24, 2.45) is 0 Å². The van der Waals surface area contributed by atoms with Gasteiger partial charge >= 0.3 is 0 Å². The summed E-state index contributed by atoms with van der Waals surface area (Å²) in [5.41, 5.74) is 2.33. The minimum atomic E-state index is 0.331. The van der Waals surface area contributed by atoms with E-state index in [1.165, 1.54) is 5.56 Å². The van der Waals surface area contributed by atoms with Gasteiger partial charge in [0.05, 0.1) is 19.3 Å². The molecule has 1 heterocycles. The number of ether oxygens (including phenoxy) is 2. The average molecular weight is 204 g/mol. The van der Waals surface area contributed by atoms with Gasteiger partial charge in [-0.2, -0.15) is 0 Å². The highest BCUT2D eigenvalue weighted by molar-refractivity contribution is 5.47. The first-order valence-electron chi connectivity index (χ1n) is 5.29. The molecule has 1 saturated heterocycles. The van der Waals surface area contributed by atoms with Gasteiger partial charge < -0.3 is 9.47 Å². The van der Waals surface area contributed by atoms with E-state index in [0.29, 0.717) is 19.3 Å². The Labute approximate surface area is 90.5 Å². The molecule has 2 rings (SSSR count). The van der Waals surface area contributed by atoms with Crippen LogP contribution >= 0.6 is 0 Å². The molecular formula is C13H16O2. The van der Waals surface area contributed by atoms with Gasteiger partial charge in [0.15, 0.2) is 0 Å². The van der Waals surface area contributed by atoms with Gasteiger partial charge in [-0.15, -0.1) is 0 Å². The van der Waals surface area contributed by atoms with Crippen molar-refractivity contribution in [3.8, 4) is 0 Å². The summed E-state index contributed by atoms with van der Waals surface area (Å²) in [6.45, 7) is 5.98. The molecule has 0 spiro atoms. The fraction of sp³-hybridized carbons (Fsp3) is 0.385. The molecular weight excluding hydrogens is 188 g/mol. The summed E-state index contributed by atoms with van der Waals surface area (Å²) >= 11 is 0. The van der Waals surface area contributed by atoms with Gasteiger partial charge in [0.2, 0.25) is 0 Å². The van der Waals surface area contributed by atoms with E-state index in [4.69, 9.17) is 9.47 Å². The monoisotopic (exact) mass is 204 g/mol. The van der Waals surface area contributed by atoms with Crippen LogP contribution in [0.4, 0.5) is 0 Å². The second kappa shape index (κ2) is 5.10. The van der Waals surface area contributed by atoms with E-state index in [9.17, 15) is 0 Å². The van der Waals surface area contributed by atoms with Crippen LogP contribution in [0.25, 0.3) is 6.08 Å². The molecule has 80 valence electrons. The normalized spacial score (nSPS) is 19.6. The maximum absolute atomic E-state index is 5.55. The second-order valence-corrected chi connectivity index (χ2v) is 3.74. The highest BCUT2D eigenvalue weighted by Crippen LogP contribution is 2.12. The van der Waals surface area contributed by atoms with Crippen LogP contribution in [0, 0.1) is 0 Å². The molecule has 1 unspecified atom stereocenters. The molecule has 1 aliphatic heterocycles. The van der Waals surface area contributed by atoms with E-state index in [2.05, 4.69) is 18.7 Å². The van der Waals surface area contributed by atoms with Crippen LogP contribution in [0.1, 0.15) is 17.5 Å². The summed E-state index contributed by atoms with van der Waals surface area (Å²) in [5, 5.41) is 0. The quantitative estimate of drug-likeness (QED) is 0.734. The van der Waals surface area contributed by atoms with E-state index in [-0.39, 0.29) is 0 Å². The van der Waals surface area contributed by atoms with Crippen LogP contribution in [0.15, 0.2) is 30.8 Å². The van der Waals surface area contributed by atoms with Gasteiger partial charge in [-0.05, 0) is 17.5 Å². The molecule has 0 N–H and O–H groups in total. The summed E-state index contributed by atoms with van der Waals surface area (Å²) in [7, 11) is 0. The van der Waals surface area contributed by atoms with Crippen molar-refractivity contribution in [3.05, 3.63) is 42.0 Å². The Morgan fingerprint density at radius 1 is 1.40 bits per heavy atom. The number of hydrogen-bond donors (Lipinski definition) is 0. The molecule has 2 heteroatoms. The predicted octanol–water partition coefficient (Wildman–Crippen LogP) is 2.64. The zero-order valence-electron chi connectivity index (χ0n) is 8.82. The van der Waals surface area contributed by atoms with E-state index >= 15 is 0 Å². The highest BCUT2D eigenvalue weighted by Gasteiger charge is 2.17. The molecule has 0 bridgehead atoms. The van der Waals surface area contributed by atoms with Crippen molar-refractivity contribution in [2.75, 3.05) is 13.2 Å². The van der Waals surface area contributed by atoms with Crippen LogP contribution in [-0.4, -0.2) is 19.3 Å². The van der Waals surface area contributed by atoms with E-state index < -0.39 is 0 Å². The van der Waals surface area contributed by atoms with Crippen LogP contribution in [0.3, 0.4) is 0 Å². The summed E-state index contributed by atoms with van der Waals surface area (Å²) < 4.78 is 10.8. The Balaban J connectivity index is 1.74.